The molecule has 0 bridgehead atoms. The van der Waals surface area contributed by atoms with Gasteiger partial charge in [0, 0.05) is 25.5 Å². The molecule has 68 valence electrons. The van der Waals surface area contributed by atoms with Crippen LogP contribution >= 0.6 is 11.8 Å². The average molecular weight is 177 g/mol. The summed E-state index contributed by atoms with van der Waals surface area (Å²) in [5, 5.41) is 3.88. The number of methoxy groups -OCH3 is 1. The molecule has 1 atom stereocenters. The summed E-state index contributed by atoms with van der Waals surface area (Å²) in [4.78, 5) is 0. The summed E-state index contributed by atoms with van der Waals surface area (Å²) in [6.07, 6.45) is 1.16. The molecule has 0 saturated heterocycles. The van der Waals surface area contributed by atoms with E-state index < -0.39 is 0 Å². The van der Waals surface area contributed by atoms with Gasteiger partial charge in [-0.2, -0.15) is 11.8 Å². The largest absolute Gasteiger partial charge is 0.385 e. The SMILES string of the molecule is CNCC(C)SCCCOC. The number of thioether (sulfide) groups is 1. The molecule has 0 aliphatic rings. The minimum absolute atomic E-state index is 0.719. The summed E-state index contributed by atoms with van der Waals surface area (Å²) in [6.45, 7) is 4.23. The number of hydrogen-bond acceptors (Lipinski definition) is 3. The lowest BCUT2D eigenvalue weighted by Crippen LogP contribution is -2.18. The van der Waals surface area contributed by atoms with Crippen molar-refractivity contribution in [2.45, 2.75) is 18.6 Å². The Balaban J connectivity index is 2.97. The molecule has 0 rings (SSSR count). The van der Waals surface area contributed by atoms with E-state index in [1.165, 1.54) is 5.75 Å². The molecule has 0 radical (unpaired) electrons. The van der Waals surface area contributed by atoms with E-state index in [2.05, 4.69) is 12.2 Å². The van der Waals surface area contributed by atoms with Crippen LogP contribution < -0.4 is 5.32 Å². The molecular formula is C8H19NOS. The first kappa shape index (κ1) is 11.3. The van der Waals surface area contributed by atoms with E-state index in [0.717, 1.165) is 24.8 Å². The van der Waals surface area contributed by atoms with Gasteiger partial charge < -0.3 is 10.1 Å². The highest BCUT2D eigenvalue weighted by molar-refractivity contribution is 7.99. The van der Waals surface area contributed by atoms with Gasteiger partial charge in [0.25, 0.3) is 0 Å². The normalized spacial score (nSPS) is 13.4. The minimum atomic E-state index is 0.719. The molecule has 0 heterocycles. The maximum atomic E-state index is 4.95. The number of ether oxygens (including phenoxy) is 1. The Hall–Kier alpha value is 0.270. The van der Waals surface area contributed by atoms with Crippen LogP contribution in [0.4, 0.5) is 0 Å². The zero-order valence-electron chi connectivity index (χ0n) is 7.72. The Kier molecular flexibility index (Phi) is 8.57. The summed E-state index contributed by atoms with van der Waals surface area (Å²) in [7, 11) is 3.74. The molecule has 0 saturated carbocycles. The van der Waals surface area contributed by atoms with Crippen molar-refractivity contribution in [1.82, 2.24) is 5.32 Å². The van der Waals surface area contributed by atoms with Gasteiger partial charge in [0.1, 0.15) is 0 Å². The van der Waals surface area contributed by atoms with Crippen LogP contribution in [0.15, 0.2) is 0 Å². The van der Waals surface area contributed by atoms with Crippen LogP contribution in [0.25, 0.3) is 0 Å². The van der Waals surface area contributed by atoms with Crippen LogP contribution in [0.2, 0.25) is 0 Å². The monoisotopic (exact) mass is 177 g/mol. The van der Waals surface area contributed by atoms with Crippen LogP contribution in [0.5, 0.6) is 0 Å². The van der Waals surface area contributed by atoms with E-state index in [9.17, 15) is 0 Å². The molecule has 1 unspecified atom stereocenters. The first-order chi connectivity index (χ1) is 5.31. The second-order valence-electron chi connectivity index (χ2n) is 2.59. The fourth-order valence-corrected chi connectivity index (χ4v) is 1.81. The smallest absolute Gasteiger partial charge is 0.0470 e. The lowest BCUT2D eigenvalue weighted by atomic mass is 10.5. The fourth-order valence-electron chi connectivity index (χ4n) is 0.834. The van der Waals surface area contributed by atoms with Gasteiger partial charge in [-0.25, -0.2) is 0 Å². The van der Waals surface area contributed by atoms with Gasteiger partial charge in [-0.05, 0) is 19.2 Å². The molecule has 1 N–H and O–H groups in total. The van der Waals surface area contributed by atoms with E-state index in [1.54, 1.807) is 7.11 Å². The molecule has 0 aromatic rings. The van der Waals surface area contributed by atoms with E-state index in [1.807, 2.05) is 18.8 Å². The van der Waals surface area contributed by atoms with Crippen molar-refractivity contribution in [3.05, 3.63) is 0 Å². The molecule has 2 nitrogen and oxygen atoms in total. The van der Waals surface area contributed by atoms with Crippen molar-refractivity contribution in [1.29, 1.82) is 0 Å². The van der Waals surface area contributed by atoms with Crippen LogP contribution in [0, 0.1) is 0 Å². The van der Waals surface area contributed by atoms with Crippen molar-refractivity contribution < 1.29 is 4.74 Å². The predicted molar refractivity (Wildman–Crippen MR) is 52.3 cm³/mol. The van der Waals surface area contributed by atoms with Gasteiger partial charge in [-0.1, -0.05) is 6.92 Å². The molecular weight excluding hydrogens is 158 g/mol. The highest BCUT2D eigenvalue weighted by Gasteiger charge is 1.98. The average Bonchev–Trinajstić information content (AvgIpc) is 1.99. The Bertz CT molecular complexity index is 80.5. The highest BCUT2D eigenvalue weighted by atomic mass is 32.2. The van der Waals surface area contributed by atoms with Gasteiger partial charge in [0.05, 0.1) is 0 Å². The zero-order chi connectivity index (χ0) is 8.53. The Morgan fingerprint density at radius 2 is 2.27 bits per heavy atom. The second-order valence-corrected chi connectivity index (χ2v) is 4.13. The van der Waals surface area contributed by atoms with E-state index in [4.69, 9.17) is 4.74 Å². The summed E-state index contributed by atoms with van der Waals surface area (Å²) < 4.78 is 4.95. The Labute approximate surface area is 74.1 Å². The summed E-state index contributed by atoms with van der Waals surface area (Å²) in [5.41, 5.74) is 0. The zero-order valence-corrected chi connectivity index (χ0v) is 8.54. The number of hydrogen-bond donors (Lipinski definition) is 1. The van der Waals surface area contributed by atoms with E-state index in [0.29, 0.717) is 0 Å². The van der Waals surface area contributed by atoms with Crippen molar-refractivity contribution >= 4 is 11.8 Å². The molecule has 3 heteroatoms. The van der Waals surface area contributed by atoms with Gasteiger partial charge in [0.2, 0.25) is 0 Å². The van der Waals surface area contributed by atoms with E-state index in [-0.39, 0.29) is 0 Å². The highest BCUT2D eigenvalue weighted by Crippen LogP contribution is 2.10. The van der Waals surface area contributed by atoms with Crippen molar-refractivity contribution in [2.75, 3.05) is 33.1 Å². The van der Waals surface area contributed by atoms with Gasteiger partial charge in [0.15, 0.2) is 0 Å². The lowest BCUT2D eigenvalue weighted by Gasteiger charge is -2.09. The van der Waals surface area contributed by atoms with Crippen molar-refractivity contribution in [3.8, 4) is 0 Å². The summed E-state index contributed by atoms with van der Waals surface area (Å²) >= 11 is 2.00. The summed E-state index contributed by atoms with van der Waals surface area (Å²) in [5.74, 6) is 1.21. The third-order valence-electron chi connectivity index (χ3n) is 1.39. The van der Waals surface area contributed by atoms with Crippen LogP contribution in [-0.2, 0) is 4.74 Å². The maximum Gasteiger partial charge on any atom is 0.0470 e. The number of nitrogens with one attached hydrogen (secondary N) is 1. The molecule has 0 fully saturated rings. The van der Waals surface area contributed by atoms with Gasteiger partial charge >= 0.3 is 0 Å². The topological polar surface area (TPSA) is 21.3 Å². The quantitative estimate of drug-likeness (QED) is 0.593. The molecule has 0 aromatic carbocycles. The molecule has 0 spiro atoms. The standard InChI is InChI=1S/C8H19NOS/c1-8(7-9-2)11-6-4-5-10-3/h8-9H,4-7H2,1-3H3. The van der Waals surface area contributed by atoms with Crippen LogP contribution in [-0.4, -0.2) is 38.3 Å². The second kappa shape index (κ2) is 8.37. The van der Waals surface area contributed by atoms with Crippen LogP contribution in [0.1, 0.15) is 13.3 Å². The predicted octanol–water partition coefficient (Wildman–Crippen LogP) is 1.36. The summed E-state index contributed by atoms with van der Waals surface area (Å²) in [6, 6.07) is 0. The van der Waals surface area contributed by atoms with Gasteiger partial charge in [-0.3, -0.25) is 0 Å². The molecule has 11 heavy (non-hydrogen) atoms. The number of rotatable bonds is 7. The molecule has 0 amide bonds. The van der Waals surface area contributed by atoms with Crippen molar-refractivity contribution in [2.24, 2.45) is 0 Å². The molecule has 0 aliphatic carbocycles. The minimum Gasteiger partial charge on any atom is -0.385 e. The Morgan fingerprint density at radius 3 is 2.82 bits per heavy atom. The maximum absolute atomic E-state index is 4.95. The lowest BCUT2D eigenvalue weighted by molar-refractivity contribution is 0.200. The third kappa shape index (κ3) is 8.17. The third-order valence-corrected chi connectivity index (χ3v) is 2.65. The fraction of sp³-hybridized carbons (Fsp3) is 1.00. The van der Waals surface area contributed by atoms with Crippen molar-refractivity contribution in [3.63, 3.8) is 0 Å². The molecule has 0 aromatic heterocycles. The first-order valence-electron chi connectivity index (χ1n) is 4.06. The van der Waals surface area contributed by atoms with Gasteiger partial charge in [-0.15, -0.1) is 0 Å². The Morgan fingerprint density at radius 1 is 1.55 bits per heavy atom. The molecule has 0 aliphatic heterocycles. The van der Waals surface area contributed by atoms with Crippen LogP contribution in [0.3, 0.4) is 0 Å². The first-order valence-corrected chi connectivity index (χ1v) is 5.11. The van der Waals surface area contributed by atoms with E-state index >= 15 is 0 Å².